The van der Waals surface area contributed by atoms with Crippen LogP contribution in [0.4, 0.5) is 13.2 Å². The van der Waals surface area contributed by atoms with Gasteiger partial charge in [-0.05, 0) is 61.2 Å². The fraction of sp³-hybridized carbons (Fsp3) is 0.280. The molecular weight excluding hydrogens is 445 g/mol. The second-order valence-corrected chi connectivity index (χ2v) is 8.65. The minimum Gasteiger partial charge on any atom is -0.394 e. The molecule has 174 valence electrons. The van der Waals surface area contributed by atoms with Crippen molar-refractivity contribution >= 4 is 16.7 Å². The van der Waals surface area contributed by atoms with Crippen molar-refractivity contribution in [3.05, 3.63) is 76.7 Å². The fourth-order valence-corrected chi connectivity index (χ4v) is 4.65. The van der Waals surface area contributed by atoms with E-state index in [1.807, 2.05) is 32.0 Å². The van der Waals surface area contributed by atoms with Crippen molar-refractivity contribution in [2.24, 2.45) is 0 Å². The lowest BCUT2D eigenvalue weighted by molar-refractivity contribution is -0.137. The number of alkyl halides is 3. The summed E-state index contributed by atoms with van der Waals surface area (Å²) in [5.41, 5.74) is 3.40. The highest BCUT2D eigenvalue weighted by Gasteiger charge is 2.37. The average molecular weight is 466 g/mol. The van der Waals surface area contributed by atoms with Crippen molar-refractivity contribution in [2.75, 3.05) is 6.61 Å². The Balaban J connectivity index is 1.49. The van der Waals surface area contributed by atoms with E-state index in [1.54, 1.807) is 10.9 Å². The van der Waals surface area contributed by atoms with Crippen molar-refractivity contribution in [1.82, 2.24) is 19.7 Å². The summed E-state index contributed by atoms with van der Waals surface area (Å²) in [6.45, 7) is 3.61. The summed E-state index contributed by atoms with van der Waals surface area (Å²) >= 11 is 0. The number of fused-ring (bicyclic) bond motifs is 2. The normalized spacial score (nSPS) is 18.4. The van der Waals surface area contributed by atoms with Crippen molar-refractivity contribution in [3.63, 3.8) is 0 Å². The number of hydrogen-bond acceptors (Lipinski definition) is 5. The number of hydrogen-bond donors (Lipinski definition) is 1. The molecule has 0 radical (unpaired) electrons. The van der Waals surface area contributed by atoms with Crippen LogP contribution in [0, 0.1) is 13.8 Å². The van der Waals surface area contributed by atoms with E-state index in [0.717, 1.165) is 28.8 Å². The van der Waals surface area contributed by atoms with Crippen LogP contribution in [0.15, 0.2) is 48.8 Å². The van der Waals surface area contributed by atoms with Crippen LogP contribution < -0.4 is 0 Å². The molecule has 1 aliphatic rings. The maximum absolute atomic E-state index is 13.3. The second kappa shape index (κ2) is 8.02. The third kappa shape index (κ3) is 3.66. The Bertz CT molecular complexity index is 1430. The van der Waals surface area contributed by atoms with Crippen LogP contribution >= 0.6 is 0 Å². The lowest BCUT2D eigenvalue weighted by Gasteiger charge is -2.30. The molecule has 9 heteroatoms. The number of carbonyl (C=O) groups is 1. The predicted molar refractivity (Wildman–Crippen MR) is 119 cm³/mol. The van der Waals surface area contributed by atoms with Gasteiger partial charge in [0.2, 0.25) is 0 Å². The van der Waals surface area contributed by atoms with E-state index in [-0.39, 0.29) is 18.4 Å². The maximum Gasteiger partial charge on any atom is 0.416 e. The zero-order valence-electron chi connectivity index (χ0n) is 18.5. The molecule has 2 aromatic carbocycles. The van der Waals surface area contributed by atoms with Gasteiger partial charge in [-0.1, -0.05) is 12.1 Å². The molecule has 3 heterocycles. The highest BCUT2D eigenvalue weighted by atomic mass is 19.4. The van der Waals surface area contributed by atoms with E-state index in [1.165, 1.54) is 12.3 Å². The number of nitrogens with zero attached hydrogens (tertiary/aromatic N) is 4. The van der Waals surface area contributed by atoms with Crippen molar-refractivity contribution in [3.8, 4) is 11.4 Å². The second-order valence-electron chi connectivity index (χ2n) is 8.65. The van der Waals surface area contributed by atoms with Crippen LogP contribution in [0.3, 0.4) is 0 Å². The Kier molecular flexibility index (Phi) is 5.24. The first-order chi connectivity index (χ1) is 16.2. The van der Waals surface area contributed by atoms with E-state index < -0.39 is 17.7 Å². The van der Waals surface area contributed by atoms with Crippen molar-refractivity contribution < 1.29 is 23.1 Å². The van der Waals surface area contributed by atoms with Crippen LogP contribution in [-0.4, -0.2) is 37.2 Å². The monoisotopic (exact) mass is 466 g/mol. The van der Waals surface area contributed by atoms with Crippen LogP contribution in [0.1, 0.15) is 51.1 Å². The largest absolute Gasteiger partial charge is 0.416 e. The molecule has 0 bridgehead atoms. The number of aliphatic hydroxyl groups excluding tert-OH is 1. The molecule has 2 unspecified atom stereocenters. The van der Waals surface area contributed by atoms with Gasteiger partial charge in [-0.3, -0.25) is 9.48 Å². The first kappa shape index (κ1) is 22.2. The summed E-state index contributed by atoms with van der Waals surface area (Å²) < 4.78 is 40.5. The van der Waals surface area contributed by atoms with Gasteiger partial charge in [-0.25, -0.2) is 9.97 Å². The number of Topliss-reactive ketones (excluding diaryl/α,β-unsaturated/α-hetero) is 1. The Morgan fingerprint density at radius 3 is 2.59 bits per heavy atom. The summed E-state index contributed by atoms with van der Waals surface area (Å²) in [7, 11) is 0. The molecule has 5 rings (SSSR count). The summed E-state index contributed by atoms with van der Waals surface area (Å²) in [4.78, 5) is 22.0. The summed E-state index contributed by atoms with van der Waals surface area (Å²) in [6, 6.07) is 8.65. The molecule has 1 N–H and O–H groups in total. The van der Waals surface area contributed by atoms with Gasteiger partial charge in [0.05, 0.1) is 35.8 Å². The van der Waals surface area contributed by atoms with Crippen LogP contribution in [0.25, 0.3) is 22.3 Å². The molecule has 4 aromatic rings. The van der Waals surface area contributed by atoms with Crippen molar-refractivity contribution in [1.29, 1.82) is 0 Å². The topological polar surface area (TPSA) is 80.9 Å². The number of aliphatic hydroxyl groups is 1. The minimum absolute atomic E-state index is 0.0297. The molecule has 0 fully saturated rings. The zero-order chi connectivity index (χ0) is 24.2. The molecule has 0 saturated carbocycles. The minimum atomic E-state index is -4.43. The SMILES string of the molecule is Cc1cc(-c2ncc3cc(C(F)(F)F)ccc3n2)ccc1C1CC(CO)n2ncc(C)c2C1=O. The van der Waals surface area contributed by atoms with Gasteiger partial charge in [0.15, 0.2) is 11.6 Å². The van der Waals surface area contributed by atoms with Gasteiger partial charge in [-0.2, -0.15) is 18.3 Å². The third-order valence-electron chi connectivity index (χ3n) is 6.40. The first-order valence-electron chi connectivity index (χ1n) is 10.8. The smallest absolute Gasteiger partial charge is 0.394 e. The van der Waals surface area contributed by atoms with Gasteiger partial charge in [0.1, 0.15) is 5.69 Å². The van der Waals surface area contributed by atoms with Crippen LogP contribution in [0.5, 0.6) is 0 Å². The molecule has 2 atom stereocenters. The van der Waals surface area contributed by atoms with Crippen LogP contribution in [-0.2, 0) is 6.18 Å². The molecular formula is C25H21F3N4O2. The average Bonchev–Trinajstić information content (AvgIpc) is 3.20. The van der Waals surface area contributed by atoms with Gasteiger partial charge >= 0.3 is 6.18 Å². The summed E-state index contributed by atoms with van der Waals surface area (Å²) in [5, 5.41) is 14.4. The zero-order valence-corrected chi connectivity index (χ0v) is 18.5. The molecule has 2 aromatic heterocycles. The van der Waals surface area contributed by atoms with E-state index in [2.05, 4.69) is 15.1 Å². The van der Waals surface area contributed by atoms with Crippen molar-refractivity contribution in [2.45, 2.75) is 38.4 Å². The third-order valence-corrected chi connectivity index (χ3v) is 6.40. The number of benzene rings is 2. The highest BCUT2D eigenvalue weighted by molar-refractivity contribution is 6.01. The van der Waals surface area contributed by atoms with Crippen LogP contribution in [0.2, 0.25) is 0 Å². The highest BCUT2D eigenvalue weighted by Crippen LogP contribution is 2.38. The predicted octanol–water partition coefficient (Wildman–Crippen LogP) is 5.03. The molecule has 0 amide bonds. The molecule has 0 spiro atoms. The lowest BCUT2D eigenvalue weighted by Crippen LogP contribution is -2.32. The van der Waals surface area contributed by atoms with Gasteiger partial charge in [0.25, 0.3) is 0 Å². The van der Waals surface area contributed by atoms with E-state index in [0.29, 0.717) is 34.4 Å². The standard InChI is InChI=1S/C25H21F3N4O2/c1-13-7-15(24-29-11-16-8-17(25(26,27)28)4-6-21(16)31-24)3-5-19(13)20-9-18(12-33)32-22(23(20)34)14(2)10-30-32/h3-8,10-11,18,20,33H,9,12H2,1-2H3. The summed E-state index contributed by atoms with van der Waals surface area (Å²) in [6.07, 6.45) is -0.959. The maximum atomic E-state index is 13.3. The quantitative estimate of drug-likeness (QED) is 0.458. The number of ketones is 1. The Hall–Kier alpha value is -3.59. The van der Waals surface area contributed by atoms with E-state index in [9.17, 15) is 23.1 Å². The molecule has 34 heavy (non-hydrogen) atoms. The Morgan fingerprint density at radius 1 is 1.09 bits per heavy atom. The number of carbonyl (C=O) groups excluding carboxylic acids is 1. The Labute approximate surface area is 193 Å². The first-order valence-corrected chi connectivity index (χ1v) is 10.8. The number of halogens is 3. The van der Waals surface area contributed by atoms with Gasteiger partial charge in [-0.15, -0.1) is 0 Å². The Morgan fingerprint density at radius 2 is 1.88 bits per heavy atom. The molecule has 6 nitrogen and oxygen atoms in total. The number of rotatable bonds is 3. The van der Waals surface area contributed by atoms with Gasteiger partial charge in [0, 0.05) is 17.1 Å². The fourth-order valence-electron chi connectivity index (χ4n) is 4.65. The number of aromatic nitrogens is 4. The summed E-state index contributed by atoms with van der Waals surface area (Å²) in [5.74, 6) is -0.0515. The molecule has 0 aliphatic carbocycles. The molecule has 1 aliphatic heterocycles. The number of aryl methyl sites for hydroxylation is 2. The van der Waals surface area contributed by atoms with E-state index in [4.69, 9.17) is 0 Å². The molecule has 0 saturated heterocycles. The van der Waals surface area contributed by atoms with E-state index >= 15 is 0 Å². The lowest BCUT2D eigenvalue weighted by atomic mass is 9.81. The van der Waals surface area contributed by atoms with Gasteiger partial charge < -0.3 is 5.11 Å².